The van der Waals surface area contributed by atoms with Gasteiger partial charge in [-0.1, -0.05) is 50.6 Å². The smallest absolute Gasteiger partial charge is 0.243 e. The Kier molecular flexibility index (Phi) is 13.3. The van der Waals surface area contributed by atoms with Crippen LogP contribution < -0.4 is 25.8 Å². The van der Waals surface area contributed by atoms with Crippen molar-refractivity contribution in [1.82, 2.24) is 14.9 Å². The number of nitrogens with one attached hydrogen (secondary N) is 2. The van der Waals surface area contributed by atoms with Crippen molar-refractivity contribution in [2.75, 3.05) is 46.2 Å². The molecule has 7 N–H and O–H groups in total. The second-order valence-electron chi connectivity index (χ2n) is 13.7. The van der Waals surface area contributed by atoms with Crippen LogP contribution in [0.3, 0.4) is 0 Å². The van der Waals surface area contributed by atoms with Gasteiger partial charge in [-0.05, 0) is 55.3 Å². The number of ether oxygens (including phenoxy) is 5. The van der Waals surface area contributed by atoms with Gasteiger partial charge in [-0.15, -0.1) is 0 Å². The second kappa shape index (κ2) is 17.2. The van der Waals surface area contributed by atoms with E-state index in [1.807, 2.05) is 44.2 Å². The number of aliphatic hydroxyl groups is 3. The van der Waals surface area contributed by atoms with Crippen molar-refractivity contribution in [2.24, 2.45) is 17.1 Å². The molecule has 2 fully saturated rings. The highest BCUT2D eigenvalue weighted by atomic mass is 32.2. The highest BCUT2D eigenvalue weighted by molar-refractivity contribution is 7.89. The number of fused-ring (bicyclic) bond motifs is 2. The summed E-state index contributed by atoms with van der Waals surface area (Å²) in [4.78, 5) is 0.0187. The summed E-state index contributed by atoms with van der Waals surface area (Å²) < 4.78 is 58.0. The lowest BCUT2D eigenvalue weighted by Crippen LogP contribution is -2.54. The Labute approximate surface area is 288 Å². The van der Waals surface area contributed by atoms with Crippen LogP contribution in [0, 0.1) is 11.3 Å². The van der Waals surface area contributed by atoms with E-state index in [0.29, 0.717) is 37.5 Å². The molecule has 0 radical (unpaired) electrons. The number of rotatable bonds is 20. The predicted octanol–water partition coefficient (Wildman–Crippen LogP) is 1.08. The second-order valence-corrected chi connectivity index (χ2v) is 15.7. The monoisotopic (exact) mass is 708 g/mol. The maximum absolute atomic E-state index is 14.3. The first-order chi connectivity index (χ1) is 23.4. The summed E-state index contributed by atoms with van der Waals surface area (Å²) >= 11 is 0. The first kappa shape index (κ1) is 37.8. The zero-order chi connectivity index (χ0) is 35.0. The lowest BCUT2D eigenvalue weighted by Gasteiger charge is -2.36. The Balaban J connectivity index is 1.33. The van der Waals surface area contributed by atoms with Crippen LogP contribution in [0.2, 0.25) is 0 Å². The summed E-state index contributed by atoms with van der Waals surface area (Å²) in [6.45, 7) is 5.37. The molecule has 3 aliphatic heterocycles. The standard InChI is InChI=1S/C34H52N4O10S/c1-34(2,13-6-7-14-36-31(40)18-35)21-38(49(42,43)24-10-11-28-29(17-24)47-22-46-28)19-27(39)26(16-23-8-4-3-5-9-23)37-33(41)48-30-20-45-32-25(30)12-15-44-32/h3-5,8-11,17,25-27,30-33,36-37,39-41H,6-7,12-16,18-22,35H2,1-2H3. The van der Waals surface area contributed by atoms with Gasteiger partial charge in [0.2, 0.25) is 23.2 Å². The number of hydrogen-bond donors (Lipinski definition) is 6. The SMILES string of the molecule is CC(C)(CCCCNC(O)CN)CN(CC(O)C(Cc1ccccc1)NC(O)OC1COC2OCCC12)S(=O)(=O)c1ccc2c(c1)OCO2. The van der Waals surface area contributed by atoms with Gasteiger partial charge in [0.15, 0.2) is 17.8 Å². The fourth-order valence-electron chi connectivity index (χ4n) is 6.54. The predicted molar refractivity (Wildman–Crippen MR) is 180 cm³/mol. The van der Waals surface area contributed by atoms with E-state index in [1.54, 1.807) is 6.07 Å². The van der Waals surface area contributed by atoms with Gasteiger partial charge < -0.3 is 44.7 Å². The van der Waals surface area contributed by atoms with E-state index in [2.05, 4.69) is 10.6 Å². The molecule has 14 nitrogen and oxygen atoms in total. The van der Waals surface area contributed by atoms with Crippen molar-refractivity contribution in [3.63, 3.8) is 0 Å². The summed E-state index contributed by atoms with van der Waals surface area (Å²) in [7, 11) is -4.14. The van der Waals surface area contributed by atoms with Gasteiger partial charge >= 0.3 is 0 Å². The number of unbranched alkanes of at least 4 members (excludes halogenated alkanes) is 1. The number of hydrogen-bond acceptors (Lipinski definition) is 13. The number of aliphatic hydroxyl groups excluding tert-OH is 3. The van der Waals surface area contributed by atoms with Crippen LogP contribution in [-0.4, -0.2) is 111 Å². The maximum atomic E-state index is 14.3. The normalized spacial score (nSPS) is 23.0. The molecule has 2 aromatic rings. The Morgan fingerprint density at radius 1 is 1.06 bits per heavy atom. The highest BCUT2D eigenvalue weighted by Gasteiger charge is 2.43. The van der Waals surface area contributed by atoms with Crippen molar-refractivity contribution < 1.29 is 47.4 Å². The molecule has 7 atom stereocenters. The molecular weight excluding hydrogens is 656 g/mol. The minimum atomic E-state index is -4.14. The molecule has 0 saturated carbocycles. The molecule has 3 aliphatic rings. The molecule has 2 aromatic carbocycles. The van der Waals surface area contributed by atoms with E-state index in [1.165, 1.54) is 16.4 Å². The summed E-state index contributed by atoms with van der Waals surface area (Å²) in [6.07, 6.45) is -0.926. The van der Waals surface area contributed by atoms with Gasteiger partial charge in [0.05, 0.1) is 30.3 Å². The van der Waals surface area contributed by atoms with Crippen LogP contribution in [0.5, 0.6) is 11.5 Å². The molecule has 15 heteroatoms. The molecule has 7 unspecified atom stereocenters. The van der Waals surface area contributed by atoms with Gasteiger partial charge in [0.25, 0.3) is 0 Å². The van der Waals surface area contributed by atoms with Crippen LogP contribution >= 0.6 is 0 Å². The Hall–Kier alpha value is -2.41. The van der Waals surface area contributed by atoms with Crippen LogP contribution in [0.15, 0.2) is 53.4 Å². The summed E-state index contributed by atoms with van der Waals surface area (Å²) in [5.74, 6) is 0.797. The highest BCUT2D eigenvalue weighted by Crippen LogP contribution is 2.36. The lowest BCUT2D eigenvalue weighted by molar-refractivity contribution is -0.170. The van der Waals surface area contributed by atoms with E-state index < -0.39 is 40.2 Å². The zero-order valence-electron chi connectivity index (χ0n) is 28.3. The molecule has 49 heavy (non-hydrogen) atoms. The molecule has 274 valence electrons. The third kappa shape index (κ3) is 10.3. The van der Waals surface area contributed by atoms with Crippen LogP contribution in [0.4, 0.5) is 0 Å². The number of nitrogens with two attached hydrogens (primary N) is 1. The number of benzene rings is 2. The van der Waals surface area contributed by atoms with E-state index in [4.69, 9.17) is 29.4 Å². The van der Waals surface area contributed by atoms with Crippen molar-refractivity contribution in [3.8, 4) is 11.5 Å². The fraction of sp³-hybridized carbons (Fsp3) is 0.647. The molecule has 0 aromatic heterocycles. The Bertz CT molecular complexity index is 1440. The summed E-state index contributed by atoms with van der Waals surface area (Å²) in [5, 5.41) is 38.5. The molecule has 2 saturated heterocycles. The van der Waals surface area contributed by atoms with Gasteiger partial charge in [-0.2, -0.15) is 4.31 Å². The minimum absolute atomic E-state index is 0.0000215. The fourth-order valence-corrected chi connectivity index (χ4v) is 8.20. The molecule has 3 heterocycles. The molecule has 0 amide bonds. The average molecular weight is 709 g/mol. The first-order valence-electron chi connectivity index (χ1n) is 17.0. The Morgan fingerprint density at radius 2 is 1.84 bits per heavy atom. The van der Waals surface area contributed by atoms with Crippen LogP contribution in [-0.2, 0) is 30.7 Å². The molecule has 5 rings (SSSR count). The number of sulfonamides is 1. The molecular formula is C34H52N4O10S. The summed E-state index contributed by atoms with van der Waals surface area (Å²) in [6, 6.07) is 13.2. The first-order valence-corrected chi connectivity index (χ1v) is 18.5. The number of nitrogens with zero attached hydrogens (tertiary/aromatic N) is 1. The quantitative estimate of drug-likeness (QED) is 0.0847. The summed E-state index contributed by atoms with van der Waals surface area (Å²) in [5.41, 5.74) is 5.87. The van der Waals surface area contributed by atoms with Crippen LogP contribution in [0.25, 0.3) is 0 Å². The largest absolute Gasteiger partial charge is 0.454 e. The minimum Gasteiger partial charge on any atom is -0.454 e. The van der Waals surface area contributed by atoms with Gasteiger partial charge in [-0.25, -0.2) is 8.42 Å². The maximum Gasteiger partial charge on any atom is 0.243 e. The lowest BCUT2D eigenvalue weighted by atomic mass is 9.87. The van der Waals surface area contributed by atoms with E-state index in [0.717, 1.165) is 24.8 Å². The van der Waals surface area contributed by atoms with Crippen molar-refractivity contribution in [1.29, 1.82) is 0 Å². The topological polar surface area (TPSA) is 194 Å². The molecule has 0 aliphatic carbocycles. The molecule has 0 spiro atoms. The van der Waals surface area contributed by atoms with Crippen molar-refractivity contribution in [2.45, 2.75) is 88.0 Å². The average Bonchev–Trinajstić information content (AvgIpc) is 3.83. The Morgan fingerprint density at radius 3 is 2.61 bits per heavy atom. The molecule has 0 bridgehead atoms. The van der Waals surface area contributed by atoms with Gasteiger partial charge in [0.1, 0.15) is 6.23 Å². The van der Waals surface area contributed by atoms with Gasteiger partial charge in [-0.3, -0.25) is 10.6 Å². The third-order valence-electron chi connectivity index (χ3n) is 9.27. The van der Waals surface area contributed by atoms with E-state index >= 15 is 0 Å². The van der Waals surface area contributed by atoms with Gasteiger partial charge in [0, 0.05) is 37.7 Å². The van der Waals surface area contributed by atoms with E-state index in [-0.39, 0.29) is 56.2 Å². The van der Waals surface area contributed by atoms with Crippen molar-refractivity contribution in [3.05, 3.63) is 54.1 Å². The third-order valence-corrected chi connectivity index (χ3v) is 11.1. The van der Waals surface area contributed by atoms with Crippen LogP contribution in [0.1, 0.15) is 45.1 Å². The zero-order valence-corrected chi connectivity index (χ0v) is 29.1. The van der Waals surface area contributed by atoms with Crippen molar-refractivity contribution >= 4 is 10.0 Å². The van der Waals surface area contributed by atoms with E-state index in [9.17, 15) is 23.7 Å².